The van der Waals surface area contributed by atoms with Crippen molar-refractivity contribution >= 4 is 0 Å². The molecule has 0 bridgehead atoms. The maximum atomic E-state index is 14.6. The molecule has 0 radical (unpaired) electrons. The average Bonchev–Trinajstić information content (AvgIpc) is 3.05. The Bertz CT molecular complexity index is 1240. The molecule has 0 unspecified atom stereocenters. The van der Waals surface area contributed by atoms with Gasteiger partial charge in [-0.05, 0) is 67.8 Å². The van der Waals surface area contributed by atoms with Crippen LogP contribution >= 0.6 is 0 Å². The predicted octanol–water partition coefficient (Wildman–Crippen LogP) is 13.7. The second-order valence-electron chi connectivity index (χ2n) is 14.2. The van der Waals surface area contributed by atoms with E-state index in [1.165, 1.54) is 57.8 Å². The van der Waals surface area contributed by atoms with Gasteiger partial charge in [-0.15, -0.1) is 0 Å². The van der Waals surface area contributed by atoms with Crippen molar-refractivity contribution in [2.45, 2.75) is 151 Å². The fourth-order valence-electron chi connectivity index (χ4n) is 7.35. The third kappa shape index (κ3) is 8.11. The molecule has 17 heteroatoms. The molecule has 2 aliphatic carbocycles. The first-order chi connectivity index (χ1) is 23.2. The molecule has 2 saturated carbocycles. The molecule has 0 nitrogen and oxygen atoms in total. The number of rotatable bonds is 16. The van der Waals surface area contributed by atoms with Crippen LogP contribution in [-0.4, -0.2) is 41.7 Å². The maximum absolute atomic E-state index is 14.6. The molecule has 0 amide bonds. The molecule has 0 atom stereocenters. The Morgan fingerprint density at radius 1 is 0.451 bits per heavy atom. The van der Waals surface area contributed by atoms with E-state index >= 15 is 0 Å². The summed E-state index contributed by atoms with van der Waals surface area (Å²) in [5.74, 6) is -54.2. The van der Waals surface area contributed by atoms with Gasteiger partial charge >= 0.3 is 47.6 Å². The highest BCUT2D eigenvalue weighted by molar-refractivity contribution is 5.30. The summed E-state index contributed by atoms with van der Waals surface area (Å²) in [6.45, 7) is 2.17. The molecular formula is C34H41F17. The van der Waals surface area contributed by atoms with Gasteiger partial charge in [-0.25, -0.2) is 0 Å². The number of hydrogen-bond donors (Lipinski definition) is 0. The lowest BCUT2D eigenvalue weighted by atomic mass is 9.68. The number of unbranched alkanes of at least 4 members (excludes halogenated alkanes) is 3. The molecule has 0 aromatic heterocycles. The smallest absolute Gasteiger partial charge is 0.194 e. The summed E-state index contributed by atoms with van der Waals surface area (Å²) in [5.41, 5.74) is -1.95. The van der Waals surface area contributed by atoms with Gasteiger partial charge in [0, 0.05) is 5.56 Å². The minimum Gasteiger partial charge on any atom is -0.194 e. The van der Waals surface area contributed by atoms with E-state index in [4.69, 9.17) is 0 Å². The molecule has 296 valence electrons. The van der Waals surface area contributed by atoms with Crippen LogP contribution in [0, 0.1) is 23.7 Å². The summed E-state index contributed by atoms with van der Waals surface area (Å²) in [6, 6.07) is 1.65. The highest BCUT2D eigenvalue weighted by atomic mass is 19.4. The minimum absolute atomic E-state index is 0.0824. The summed E-state index contributed by atoms with van der Waals surface area (Å²) in [6.07, 6.45) is 7.76. The Kier molecular flexibility index (Phi) is 13.1. The Morgan fingerprint density at radius 2 is 0.843 bits per heavy atom. The Balaban J connectivity index is 1.61. The SMILES string of the molecule is CCCCCCC1CCC(C2CCC(CCc3ccc(C(F)(F)C(F)(F)C(F)(F)C(F)(F)C(F)(F)C(F)(F)C(F)(F)C(F)(F)F)cc3)CC2)CC1. The molecule has 0 spiro atoms. The lowest BCUT2D eigenvalue weighted by Gasteiger charge is -2.42. The van der Waals surface area contributed by atoms with E-state index in [0.29, 0.717) is 18.3 Å². The van der Waals surface area contributed by atoms with Crippen LogP contribution in [0.4, 0.5) is 74.6 Å². The molecule has 0 aliphatic heterocycles. The summed E-state index contributed by atoms with van der Waals surface area (Å²) >= 11 is 0. The Labute approximate surface area is 284 Å². The fourth-order valence-corrected chi connectivity index (χ4v) is 7.35. The van der Waals surface area contributed by atoms with E-state index < -0.39 is 53.2 Å². The van der Waals surface area contributed by atoms with Crippen LogP contribution in [0.5, 0.6) is 0 Å². The molecular weight excluding hydrogens is 731 g/mol. The lowest BCUT2D eigenvalue weighted by Crippen LogP contribution is -2.74. The van der Waals surface area contributed by atoms with Gasteiger partial charge in [0.2, 0.25) is 0 Å². The molecule has 3 rings (SSSR count). The van der Waals surface area contributed by atoms with Crippen molar-refractivity contribution < 1.29 is 74.6 Å². The Hall–Kier alpha value is -1.97. The highest BCUT2D eigenvalue weighted by Gasteiger charge is 2.95. The van der Waals surface area contributed by atoms with Crippen molar-refractivity contribution in [1.29, 1.82) is 0 Å². The zero-order valence-electron chi connectivity index (χ0n) is 27.7. The van der Waals surface area contributed by atoms with Gasteiger partial charge in [-0.1, -0.05) is 89.0 Å². The summed E-state index contributed by atoms with van der Waals surface area (Å²) in [7, 11) is 0. The molecule has 2 aliphatic rings. The number of benzene rings is 1. The second kappa shape index (κ2) is 15.4. The molecule has 0 N–H and O–H groups in total. The maximum Gasteiger partial charge on any atom is 0.460 e. The predicted molar refractivity (Wildman–Crippen MR) is 154 cm³/mol. The molecule has 2 fully saturated rings. The first kappa shape index (κ1) is 43.4. The number of halogens is 17. The molecule has 1 aromatic rings. The second-order valence-corrected chi connectivity index (χ2v) is 14.2. The zero-order valence-corrected chi connectivity index (χ0v) is 27.7. The highest BCUT2D eigenvalue weighted by Crippen LogP contribution is 2.65. The quantitative estimate of drug-likeness (QED) is 0.116. The first-order valence-corrected chi connectivity index (χ1v) is 17.0. The van der Waals surface area contributed by atoms with Crippen LogP contribution in [0.1, 0.15) is 108 Å². The monoisotopic (exact) mass is 772 g/mol. The summed E-state index contributed by atoms with van der Waals surface area (Å²) in [5, 5.41) is 0. The lowest BCUT2D eigenvalue weighted by molar-refractivity contribution is -0.462. The van der Waals surface area contributed by atoms with Crippen molar-refractivity contribution in [2.24, 2.45) is 23.7 Å². The first-order valence-electron chi connectivity index (χ1n) is 17.0. The number of alkyl halides is 17. The van der Waals surface area contributed by atoms with E-state index in [9.17, 15) is 74.6 Å². The standard InChI is InChI=1S/C34H41F17/c1-2-3-4-5-6-21-9-15-24(16-10-21)25-17-11-22(12-18-25)7-8-23-13-19-26(20-14-23)27(35,36)28(37,38)29(39,40)30(41,42)31(43,44)32(45,46)33(47,48)34(49,50)51/h13-14,19-22,24-25H,2-12,15-18H2,1H3. The van der Waals surface area contributed by atoms with Crippen LogP contribution in [-0.2, 0) is 12.3 Å². The van der Waals surface area contributed by atoms with Gasteiger partial charge in [0.05, 0.1) is 0 Å². The molecule has 0 saturated heterocycles. The Morgan fingerprint density at radius 3 is 1.25 bits per heavy atom. The normalized spacial score (nSPS) is 23.8. The number of aryl methyl sites for hydroxylation is 1. The van der Waals surface area contributed by atoms with E-state index in [-0.39, 0.29) is 30.0 Å². The fraction of sp³-hybridized carbons (Fsp3) is 0.824. The molecule has 0 heterocycles. The molecule has 1 aromatic carbocycles. The third-order valence-electron chi connectivity index (χ3n) is 10.8. The minimum atomic E-state index is -8.63. The summed E-state index contributed by atoms with van der Waals surface area (Å²) in [4.78, 5) is 0. The average molecular weight is 773 g/mol. The van der Waals surface area contributed by atoms with Crippen LogP contribution in [0.3, 0.4) is 0 Å². The van der Waals surface area contributed by atoms with Crippen molar-refractivity contribution in [2.75, 3.05) is 0 Å². The van der Waals surface area contributed by atoms with Crippen molar-refractivity contribution in [3.63, 3.8) is 0 Å². The van der Waals surface area contributed by atoms with Gasteiger partial charge in [0.25, 0.3) is 0 Å². The topological polar surface area (TPSA) is 0 Å². The van der Waals surface area contributed by atoms with Crippen molar-refractivity contribution in [3.05, 3.63) is 35.4 Å². The van der Waals surface area contributed by atoms with E-state index in [1.807, 2.05) is 0 Å². The van der Waals surface area contributed by atoms with Gasteiger partial charge in [-0.3, -0.25) is 0 Å². The van der Waals surface area contributed by atoms with Crippen molar-refractivity contribution in [3.8, 4) is 0 Å². The molecule has 51 heavy (non-hydrogen) atoms. The van der Waals surface area contributed by atoms with Gasteiger partial charge in [0.1, 0.15) is 0 Å². The van der Waals surface area contributed by atoms with E-state index in [1.54, 1.807) is 0 Å². The zero-order chi connectivity index (χ0) is 38.9. The van der Waals surface area contributed by atoms with Crippen LogP contribution in [0.15, 0.2) is 24.3 Å². The van der Waals surface area contributed by atoms with Gasteiger partial charge in [0.15, 0.2) is 0 Å². The van der Waals surface area contributed by atoms with Gasteiger partial charge in [-0.2, -0.15) is 74.6 Å². The number of hydrogen-bond acceptors (Lipinski definition) is 0. The summed E-state index contributed by atoms with van der Waals surface area (Å²) < 4.78 is 232. The van der Waals surface area contributed by atoms with Crippen LogP contribution in [0.25, 0.3) is 0 Å². The van der Waals surface area contributed by atoms with Gasteiger partial charge < -0.3 is 0 Å². The van der Waals surface area contributed by atoms with Crippen LogP contribution < -0.4 is 0 Å². The van der Waals surface area contributed by atoms with Crippen LogP contribution in [0.2, 0.25) is 0 Å². The largest absolute Gasteiger partial charge is 0.460 e. The van der Waals surface area contributed by atoms with Crippen molar-refractivity contribution in [1.82, 2.24) is 0 Å². The van der Waals surface area contributed by atoms with E-state index in [0.717, 1.165) is 43.7 Å². The van der Waals surface area contributed by atoms with E-state index in [2.05, 4.69) is 6.92 Å². The third-order valence-corrected chi connectivity index (χ3v) is 10.8.